The number of methoxy groups -OCH3 is 1. The lowest BCUT2D eigenvalue weighted by molar-refractivity contribution is -0.139. The lowest BCUT2D eigenvalue weighted by atomic mass is 10.1. The van der Waals surface area contributed by atoms with Crippen molar-refractivity contribution in [3.63, 3.8) is 0 Å². The van der Waals surface area contributed by atoms with E-state index in [1.165, 1.54) is 7.11 Å². The Hall–Kier alpha value is -0.0600. The highest BCUT2D eigenvalue weighted by atomic mass is 79.9. The van der Waals surface area contributed by atoms with Crippen LogP contribution in [0.5, 0.6) is 0 Å². The minimum atomic E-state index is -0.324. The first-order valence-corrected chi connectivity index (χ1v) is 6.29. The number of halogens is 3. The zero-order valence-electron chi connectivity index (χ0n) is 7.97. The molecule has 5 heteroatoms. The summed E-state index contributed by atoms with van der Waals surface area (Å²) in [7, 11) is 1.37. The topological polar surface area (TPSA) is 26.3 Å². The Bertz CT molecular complexity index is 368. The van der Waals surface area contributed by atoms with E-state index in [0.717, 1.165) is 10.0 Å². The lowest BCUT2D eigenvalue weighted by Crippen LogP contribution is -2.17. The molecule has 1 unspecified atom stereocenters. The summed E-state index contributed by atoms with van der Waals surface area (Å²) in [6.45, 7) is 0. The minimum Gasteiger partial charge on any atom is -0.468 e. The fraction of sp³-hybridized carbons (Fsp3) is 0.300. The summed E-state index contributed by atoms with van der Waals surface area (Å²) in [5.74, 6) is -0.277. The Balaban J connectivity index is 2.73. The molecule has 1 aromatic rings. The molecule has 1 atom stereocenters. The van der Waals surface area contributed by atoms with Crippen LogP contribution >= 0.6 is 43.5 Å². The molecule has 0 radical (unpaired) electrons. The van der Waals surface area contributed by atoms with Gasteiger partial charge in [0.05, 0.1) is 12.1 Å². The molecule has 0 N–H and O–H groups in total. The number of rotatable bonds is 3. The molecule has 82 valence electrons. The van der Waals surface area contributed by atoms with Gasteiger partial charge in [-0.15, -0.1) is 0 Å². The van der Waals surface area contributed by atoms with Crippen LogP contribution in [0.4, 0.5) is 0 Å². The third-order valence-corrected chi connectivity index (χ3v) is 3.77. The van der Waals surface area contributed by atoms with Gasteiger partial charge in [-0.2, -0.15) is 0 Å². The van der Waals surface area contributed by atoms with E-state index in [9.17, 15) is 4.79 Å². The van der Waals surface area contributed by atoms with Crippen LogP contribution in [0.25, 0.3) is 0 Å². The van der Waals surface area contributed by atoms with E-state index in [4.69, 9.17) is 11.6 Å². The number of carbonyl (C=O) groups is 1. The van der Waals surface area contributed by atoms with Crippen molar-refractivity contribution < 1.29 is 9.53 Å². The van der Waals surface area contributed by atoms with Gasteiger partial charge in [0.25, 0.3) is 0 Å². The van der Waals surface area contributed by atoms with E-state index in [1.807, 2.05) is 12.1 Å². The van der Waals surface area contributed by atoms with Gasteiger partial charge in [-0.05, 0) is 40.0 Å². The largest absolute Gasteiger partial charge is 0.468 e. The molecular weight excluding hydrogens is 347 g/mol. The van der Waals surface area contributed by atoms with E-state index in [-0.39, 0.29) is 10.8 Å². The van der Waals surface area contributed by atoms with Crippen LogP contribution in [-0.4, -0.2) is 17.9 Å². The van der Waals surface area contributed by atoms with Crippen LogP contribution in [0.2, 0.25) is 5.02 Å². The van der Waals surface area contributed by atoms with Gasteiger partial charge in [-0.3, -0.25) is 4.79 Å². The zero-order chi connectivity index (χ0) is 11.4. The number of carbonyl (C=O) groups excluding carboxylic acids is 1. The van der Waals surface area contributed by atoms with E-state index >= 15 is 0 Å². The predicted octanol–water partition coefficient (Wildman–Crippen LogP) is 3.58. The van der Waals surface area contributed by atoms with Crippen molar-refractivity contribution in [3.8, 4) is 0 Å². The van der Waals surface area contributed by atoms with E-state index in [2.05, 4.69) is 36.6 Å². The van der Waals surface area contributed by atoms with Gasteiger partial charge in [0.2, 0.25) is 0 Å². The molecule has 15 heavy (non-hydrogen) atoms. The summed E-state index contributed by atoms with van der Waals surface area (Å²) in [6, 6.07) is 5.56. The number of benzene rings is 1. The van der Waals surface area contributed by atoms with Crippen molar-refractivity contribution in [1.82, 2.24) is 0 Å². The maximum atomic E-state index is 11.2. The molecule has 1 aromatic carbocycles. The molecule has 0 spiro atoms. The molecule has 0 aliphatic heterocycles. The van der Waals surface area contributed by atoms with Crippen LogP contribution in [0.3, 0.4) is 0 Å². The fourth-order valence-electron chi connectivity index (χ4n) is 1.08. The molecule has 0 amide bonds. The van der Waals surface area contributed by atoms with Crippen molar-refractivity contribution in [3.05, 3.63) is 33.3 Å². The van der Waals surface area contributed by atoms with Gasteiger partial charge in [0.15, 0.2) is 0 Å². The van der Waals surface area contributed by atoms with Crippen molar-refractivity contribution in [2.45, 2.75) is 11.2 Å². The van der Waals surface area contributed by atoms with E-state index in [0.29, 0.717) is 11.4 Å². The molecule has 0 aliphatic carbocycles. The third-order valence-electron chi connectivity index (χ3n) is 1.86. The monoisotopic (exact) mass is 354 g/mol. The lowest BCUT2D eigenvalue weighted by Gasteiger charge is -2.08. The SMILES string of the molecule is COC(=O)C(Br)Cc1ccc(Cl)c(Br)c1. The Morgan fingerprint density at radius 3 is 2.80 bits per heavy atom. The summed E-state index contributed by atoms with van der Waals surface area (Å²) >= 11 is 12.4. The average molecular weight is 356 g/mol. The Kier molecular flexibility index (Phi) is 5.09. The van der Waals surface area contributed by atoms with Gasteiger partial charge in [0, 0.05) is 4.47 Å². The summed E-state index contributed by atoms with van der Waals surface area (Å²) in [4.78, 5) is 10.8. The van der Waals surface area contributed by atoms with Crippen LogP contribution in [-0.2, 0) is 16.0 Å². The van der Waals surface area contributed by atoms with Crippen molar-refractivity contribution in [2.24, 2.45) is 0 Å². The van der Waals surface area contributed by atoms with Crippen LogP contribution in [0.15, 0.2) is 22.7 Å². The first-order chi connectivity index (χ1) is 7.04. The number of alkyl halides is 1. The van der Waals surface area contributed by atoms with Gasteiger partial charge in [0.1, 0.15) is 4.83 Å². The van der Waals surface area contributed by atoms with Crippen LogP contribution < -0.4 is 0 Å². The maximum absolute atomic E-state index is 11.2. The molecule has 0 fully saturated rings. The highest BCUT2D eigenvalue weighted by Crippen LogP contribution is 2.24. The van der Waals surface area contributed by atoms with Gasteiger partial charge in [-0.1, -0.05) is 33.6 Å². The molecule has 0 aliphatic rings. The molecule has 0 aromatic heterocycles. The highest BCUT2D eigenvalue weighted by molar-refractivity contribution is 9.10. The van der Waals surface area contributed by atoms with Gasteiger partial charge in [-0.25, -0.2) is 0 Å². The smallest absolute Gasteiger partial charge is 0.319 e. The first kappa shape index (κ1) is 13.0. The quantitative estimate of drug-likeness (QED) is 0.611. The first-order valence-electron chi connectivity index (χ1n) is 4.20. The molecule has 2 nitrogen and oxygen atoms in total. The summed E-state index contributed by atoms with van der Waals surface area (Å²) < 4.78 is 5.44. The third kappa shape index (κ3) is 3.78. The molecule has 1 rings (SSSR count). The fourth-order valence-corrected chi connectivity index (χ4v) is 2.19. The molecule has 0 bridgehead atoms. The normalized spacial score (nSPS) is 12.3. The average Bonchev–Trinajstić information content (AvgIpc) is 2.22. The van der Waals surface area contributed by atoms with Crippen LogP contribution in [0, 0.1) is 0 Å². The van der Waals surface area contributed by atoms with Gasteiger partial charge < -0.3 is 4.74 Å². The molecule has 0 saturated carbocycles. The number of ether oxygens (including phenoxy) is 1. The molecule has 0 saturated heterocycles. The predicted molar refractivity (Wildman–Crippen MR) is 67.6 cm³/mol. The van der Waals surface area contributed by atoms with Crippen LogP contribution in [0.1, 0.15) is 5.56 Å². The second-order valence-electron chi connectivity index (χ2n) is 2.94. The Labute approximate surface area is 110 Å². The maximum Gasteiger partial charge on any atom is 0.319 e. The number of hydrogen-bond acceptors (Lipinski definition) is 2. The van der Waals surface area contributed by atoms with Crippen molar-refractivity contribution in [2.75, 3.05) is 7.11 Å². The number of esters is 1. The second kappa shape index (κ2) is 5.87. The Morgan fingerprint density at radius 2 is 2.27 bits per heavy atom. The molecule has 0 heterocycles. The summed E-state index contributed by atoms with van der Waals surface area (Å²) in [6.07, 6.45) is 0.572. The minimum absolute atomic E-state index is 0.277. The second-order valence-corrected chi connectivity index (χ2v) is 5.31. The van der Waals surface area contributed by atoms with Crippen molar-refractivity contribution in [1.29, 1.82) is 0 Å². The van der Waals surface area contributed by atoms with Gasteiger partial charge >= 0.3 is 5.97 Å². The van der Waals surface area contributed by atoms with E-state index < -0.39 is 0 Å². The molecular formula is C10H9Br2ClO2. The standard InChI is InChI=1S/C10H9Br2ClO2/c1-15-10(14)8(12)5-6-2-3-9(13)7(11)4-6/h2-4,8H,5H2,1H3. The highest BCUT2D eigenvalue weighted by Gasteiger charge is 2.15. The summed E-state index contributed by atoms with van der Waals surface area (Å²) in [5, 5.41) is 0.656. The van der Waals surface area contributed by atoms with Crippen molar-refractivity contribution >= 4 is 49.4 Å². The number of hydrogen-bond donors (Lipinski definition) is 0. The zero-order valence-corrected chi connectivity index (χ0v) is 11.9. The van der Waals surface area contributed by atoms with E-state index in [1.54, 1.807) is 6.07 Å². The summed E-state index contributed by atoms with van der Waals surface area (Å²) in [5.41, 5.74) is 1.01. The Morgan fingerprint density at radius 1 is 1.60 bits per heavy atom.